The Balaban J connectivity index is 2.33. The molecule has 1 amide bonds. The third-order valence-electron chi connectivity index (χ3n) is 4.32. The lowest BCUT2D eigenvalue weighted by molar-refractivity contribution is -0.343. The first-order valence-corrected chi connectivity index (χ1v) is 8.36. The van der Waals surface area contributed by atoms with Gasteiger partial charge in [-0.05, 0) is 30.7 Å². The molecule has 1 aliphatic rings. The third kappa shape index (κ3) is 3.26. The Bertz CT molecular complexity index is 748. The first kappa shape index (κ1) is 20.5. The first-order valence-electron chi connectivity index (χ1n) is 7.55. The van der Waals surface area contributed by atoms with Gasteiger partial charge in [0.05, 0.1) is 5.56 Å². The average Bonchev–Trinajstić information content (AvgIpc) is 2.89. The Morgan fingerprint density at radius 1 is 1.27 bits per heavy atom. The number of hydrogen-bond donors (Lipinski definition) is 1. The number of thiophene rings is 1. The van der Waals surface area contributed by atoms with Crippen molar-refractivity contribution in [3.05, 3.63) is 16.0 Å². The van der Waals surface area contributed by atoms with Crippen LogP contribution in [-0.2, 0) is 17.6 Å². The zero-order valence-electron chi connectivity index (χ0n) is 13.3. The van der Waals surface area contributed by atoms with E-state index in [1.54, 1.807) is 6.07 Å². The van der Waals surface area contributed by atoms with Crippen LogP contribution in [0.4, 0.5) is 35.7 Å². The highest BCUT2D eigenvalue weighted by Crippen LogP contribution is 2.47. The van der Waals surface area contributed by atoms with Gasteiger partial charge < -0.3 is 5.32 Å². The highest BCUT2D eigenvalue weighted by Gasteiger charge is 2.76. The normalized spacial score (nSPS) is 18.2. The van der Waals surface area contributed by atoms with Crippen LogP contribution in [-0.4, -0.2) is 23.9 Å². The molecule has 0 saturated carbocycles. The van der Waals surface area contributed by atoms with Crippen molar-refractivity contribution in [2.75, 3.05) is 5.32 Å². The number of alkyl halides is 7. The molecule has 0 unspecified atom stereocenters. The van der Waals surface area contributed by atoms with Crippen LogP contribution in [0.5, 0.6) is 0 Å². The number of fused-ring (bicyclic) bond motifs is 1. The maximum Gasteiger partial charge on any atom is 0.460 e. The number of carbonyl (C=O) groups is 1. The highest BCUT2D eigenvalue weighted by molar-refractivity contribution is 7.16. The molecule has 0 saturated heterocycles. The van der Waals surface area contributed by atoms with Gasteiger partial charge in [-0.1, -0.05) is 13.3 Å². The summed E-state index contributed by atoms with van der Waals surface area (Å²) >= 11 is 0.754. The summed E-state index contributed by atoms with van der Waals surface area (Å²) in [4.78, 5) is 12.1. The molecule has 1 atom stereocenters. The van der Waals surface area contributed by atoms with Gasteiger partial charge >= 0.3 is 23.9 Å². The van der Waals surface area contributed by atoms with Crippen molar-refractivity contribution in [2.24, 2.45) is 5.92 Å². The summed E-state index contributed by atoms with van der Waals surface area (Å²) < 4.78 is 89.4. The lowest BCUT2D eigenvalue weighted by Crippen LogP contribution is -2.57. The molecule has 2 rings (SSSR count). The minimum Gasteiger partial charge on any atom is -0.311 e. The minimum atomic E-state index is -6.60. The number of carbonyl (C=O) groups excluding carboxylic acids is 1. The number of nitrogens with one attached hydrogen (secondary N) is 1. The Kier molecular flexibility index (Phi) is 5.29. The number of amides is 1. The molecule has 0 fully saturated rings. The molecule has 1 heterocycles. The molecule has 1 N–H and O–H groups in total. The molecule has 0 aliphatic heterocycles. The summed E-state index contributed by atoms with van der Waals surface area (Å²) in [5.41, 5.74) is 0.349. The van der Waals surface area contributed by atoms with Crippen LogP contribution in [0.2, 0.25) is 0 Å². The summed E-state index contributed by atoms with van der Waals surface area (Å²) in [7, 11) is 0. The summed E-state index contributed by atoms with van der Waals surface area (Å²) in [5, 5.41) is 10.1. The van der Waals surface area contributed by atoms with E-state index in [4.69, 9.17) is 0 Å². The Morgan fingerprint density at radius 3 is 2.38 bits per heavy atom. The van der Waals surface area contributed by atoms with E-state index < -0.39 is 28.9 Å². The fraction of sp³-hybridized carbons (Fsp3) is 0.600. The topological polar surface area (TPSA) is 52.9 Å². The summed E-state index contributed by atoms with van der Waals surface area (Å²) in [5.74, 6) is -15.1. The first-order chi connectivity index (χ1) is 11.9. The molecule has 1 aliphatic carbocycles. The van der Waals surface area contributed by atoms with Crippen LogP contribution >= 0.6 is 11.3 Å². The maximum absolute atomic E-state index is 13.5. The molecule has 1 aromatic rings. The molecule has 0 bridgehead atoms. The van der Waals surface area contributed by atoms with Gasteiger partial charge in [-0.2, -0.15) is 36.0 Å². The van der Waals surface area contributed by atoms with Gasteiger partial charge in [0.25, 0.3) is 0 Å². The van der Waals surface area contributed by atoms with Crippen LogP contribution in [0.15, 0.2) is 0 Å². The summed E-state index contributed by atoms with van der Waals surface area (Å²) in [6, 6.07) is 1.70. The van der Waals surface area contributed by atoms with E-state index in [0.29, 0.717) is 23.3 Å². The van der Waals surface area contributed by atoms with Crippen molar-refractivity contribution in [1.29, 1.82) is 5.26 Å². The predicted molar refractivity (Wildman–Crippen MR) is 79.4 cm³/mol. The smallest absolute Gasteiger partial charge is 0.311 e. The van der Waals surface area contributed by atoms with Gasteiger partial charge in [0.2, 0.25) is 0 Å². The summed E-state index contributed by atoms with van der Waals surface area (Å²) in [6.45, 7) is 1.94. The van der Waals surface area contributed by atoms with Gasteiger partial charge in [-0.15, -0.1) is 11.3 Å². The molecule has 0 spiro atoms. The van der Waals surface area contributed by atoms with Crippen LogP contribution in [0, 0.1) is 17.2 Å². The van der Waals surface area contributed by atoms with E-state index in [9.17, 15) is 40.8 Å². The lowest BCUT2D eigenvalue weighted by atomic mass is 9.86. The number of nitrogens with zero attached hydrogens (tertiary/aromatic N) is 1. The fourth-order valence-electron chi connectivity index (χ4n) is 2.71. The SMILES string of the molecule is CC[C@H]1CCc2c(sc(NC(=O)C(F)(F)C(F)(F)C(F)(F)F)c2C#N)C1. The van der Waals surface area contributed by atoms with E-state index in [1.807, 2.05) is 6.92 Å². The van der Waals surface area contributed by atoms with Gasteiger partial charge in [-0.3, -0.25) is 4.79 Å². The lowest BCUT2D eigenvalue weighted by Gasteiger charge is -2.26. The second kappa shape index (κ2) is 6.72. The van der Waals surface area contributed by atoms with Crippen LogP contribution in [0.1, 0.15) is 35.8 Å². The van der Waals surface area contributed by atoms with Gasteiger partial charge in [0.1, 0.15) is 11.1 Å². The van der Waals surface area contributed by atoms with Crippen LogP contribution in [0.25, 0.3) is 0 Å². The Hall–Kier alpha value is -1.83. The number of anilines is 1. The minimum absolute atomic E-state index is 0.168. The average molecular weight is 402 g/mol. The van der Waals surface area contributed by atoms with Crippen molar-refractivity contribution in [2.45, 2.75) is 50.6 Å². The molecule has 3 nitrogen and oxygen atoms in total. The Morgan fingerprint density at radius 2 is 1.88 bits per heavy atom. The molecule has 0 radical (unpaired) electrons. The van der Waals surface area contributed by atoms with Crippen molar-refractivity contribution < 1.29 is 35.5 Å². The molecular weight excluding hydrogens is 389 g/mol. The molecule has 1 aromatic heterocycles. The molecule has 26 heavy (non-hydrogen) atoms. The fourth-order valence-corrected chi connectivity index (χ4v) is 4.02. The van der Waals surface area contributed by atoms with Crippen LogP contribution < -0.4 is 5.32 Å². The van der Waals surface area contributed by atoms with E-state index in [-0.39, 0.29) is 11.5 Å². The second-order valence-corrected chi connectivity index (χ2v) is 7.04. The Labute approximate surface area is 147 Å². The van der Waals surface area contributed by atoms with Crippen molar-refractivity contribution in [3.8, 4) is 6.07 Å². The van der Waals surface area contributed by atoms with E-state index in [2.05, 4.69) is 0 Å². The molecule has 11 heteroatoms. The number of hydrogen-bond acceptors (Lipinski definition) is 3. The standard InChI is InChI=1S/C15H13F7N2OS/c1-2-7-3-4-8-9(6-23)11(26-10(8)5-7)24-12(25)13(16,17)14(18,19)15(20,21)22/h7H,2-5H2,1H3,(H,24,25)/t7-/m0/s1. The quantitative estimate of drug-likeness (QED) is 0.728. The number of nitriles is 1. The maximum atomic E-state index is 13.5. The molecule has 0 aromatic carbocycles. The van der Waals surface area contributed by atoms with E-state index in [0.717, 1.165) is 24.2 Å². The largest absolute Gasteiger partial charge is 0.460 e. The molecular formula is C15H13F7N2OS. The van der Waals surface area contributed by atoms with Gasteiger partial charge in [-0.25, -0.2) is 0 Å². The zero-order valence-corrected chi connectivity index (χ0v) is 14.1. The number of rotatable bonds is 4. The van der Waals surface area contributed by atoms with E-state index >= 15 is 0 Å². The van der Waals surface area contributed by atoms with Crippen molar-refractivity contribution in [3.63, 3.8) is 0 Å². The third-order valence-corrected chi connectivity index (χ3v) is 5.49. The second-order valence-electron chi connectivity index (χ2n) is 5.94. The molecule has 144 valence electrons. The monoisotopic (exact) mass is 402 g/mol. The van der Waals surface area contributed by atoms with Gasteiger partial charge in [0.15, 0.2) is 0 Å². The number of halogens is 7. The van der Waals surface area contributed by atoms with Gasteiger partial charge in [0, 0.05) is 4.88 Å². The van der Waals surface area contributed by atoms with Crippen LogP contribution in [0.3, 0.4) is 0 Å². The zero-order chi connectivity index (χ0) is 19.9. The summed E-state index contributed by atoms with van der Waals surface area (Å²) in [6.07, 6.45) is -4.08. The predicted octanol–water partition coefficient (Wildman–Crippen LogP) is 4.91. The van der Waals surface area contributed by atoms with E-state index in [1.165, 1.54) is 5.32 Å². The highest BCUT2D eigenvalue weighted by atomic mass is 32.1. The van der Waals surface area contributed by atoms with Crippen molar-refractivity contribution in [1.82, 2.24) is 0 Å². The van der Waals surface area contributed by atoms with Crippen molar-refractivity contribution >= 4 is 22.2 Å².